The summed E-state index contributed by atoms with van der Waals surface area (Å²) in [6.45, 7) is 2.70. The van der Waals surface area contributed by atoms with Crippen molar-refractivity contribution in [3.63, 3.8) is 0 Å². The molecule has 2 aromatic rings. The normalized spacial score (nSPS) is 22.1. The molecule has 3 rings (SSSR count). The van der Waals surface area contributed by atoms with E-state index >= 15 is 0 Å². The zero-order chi connectivity index (χ0) is 15.9. The van der Waals surface area contributed by atoms with Crippen LogP contribution < -0.4 is 0 Å². The molecule has 3 nitrogen and oxygen atoms in total. The molecule has 0 spiro atoms. The van der Waals surface area contributed by atoms with Gasteiger partial charge >= 0.3 is 0 Å². The number of nitrogens with zero attached hydrogens (tertiary/aromatic N) is 1. The second-order valence-corrected chi connectivity index (χ2v) is 6.38. The van der Waals surface area contributed by atoms with E-state index < -0.39 is 0 Å². The number of hydrogen-bond acceptors (Lipinski definition) is 3. The fourth-order valence-electron chi connectivity index (χ4n) is 2.78. The third-order valence-electron chi connectivity index (χ3n) is 3.99. The fraction of sp³-hybridized carbons (Fsp3) is 0.368. The Bertz CT molecular complexity index is 527. The topological polar surface area (TPSA) is 21.7 Å². The van der Waals surface area contributed by atoms with Crippen LogP contribution in [0.15, 0.2) is 60.7 Å². The molecule has 1 fully saturated rings. The Morgan fingerprint density at radius 1 is 0.783 bits per heavy atom. The first kappa shape index (κ1) is 16.5. The van der Waals surface area contributed by atoms with Gasteiger partial charge in [0.2, 0.25) is 0 Å². The molecule has 1 heterocycles. The van der Waals surface area contributed by atoms with E-state index in [4.69, 9.17) is 21.3 Å². The third-order valence-corrected chi connectivity index (χ3v) is 4.26. The summed E-state index contributed by atoms with van der Waals surface area (Å²) >= 11 is 6.24. The van der Waals surface area contributed by atoms with Gasteiger partial charge in [0.15, 0.2) is 0 Å². The zero-order valence-corrected chi connectivity index (χ0v) is 13.9. The lowest BCUT2D eigenvalue weighted by Crippen LogP contribution is -2.43. The number of ether oxygens (including phenoxy) is 2. The maximum Gasteiger partial charge on any atom is 0.0744 e. The van der Waals surface area contributed by atoms with E-state index in [-0.39, 0.29) is 12.2 Å². The van der Waals surface area contributed by atoms with E-state index in [0.717, 1.165) is 19.5 Å². The molecule has 2 unspecified atom stereocenters. The van der Waals surface area contributed by atoms with Gasteiger partial charge in [0.05, 0.1) is 25.4 Å². The Hall–Kier alpha value is -1.39. The van der Waals surface area contributed by atoms with Crippen LogP contribution in [0.2, 0.25) is 0 Å². The molecular weight excluding hydrogens is 310 g/mol. The molecular formula is C19H22ClNO2. The third kappa shape index (κ3) is 5.33. The molecule has 2 aromatic carbocycles. The highest BCUT2D eigenvalue weighted by molar-refractivity contribution is 6.13. The van der Waals surface area contributed by atoms with Crippen molar-refractivity contribution < 1.29 is 9.47 Å². The van der Waals surface area contributed by atoms with Gasteiger partial charge in [-0.2, -0.15) is 0 Å². The molecule has 1 saturated heterocycles. The zero-order valence-electron chi connectivity index (χ0n) is 13.1. The first-order chi connectivity index (χ1) is 11.3. The Morgan fingerprint density at radius 3 is 1.65 bits per heavy atom. The SMILES string of the molecule is ClN1CC(OCc2ccccc2)CC(OCc2ccccc2)C1. The highest BCUT2D eigenvalue weighted by Crippen LogP contribution is 2.20. The standard InChI is InChI=1S/C19H22ClNO2/c20-21-12-18(22-14-16-7-3-1-4-8-16)11-19(13-21)23-15-17-9-5-2-6-10-17/h1-10,18-19H,11-15H2. The molecule has 0 radical (unpaired) electrons. The molecule has 1 aliphatic rings. The Kier molecular flexibility index (Phi) is 6.06. The van der Waals surface area contributed by atoms with Crippen LogP contribution in [-0.4, -0.2) is 29.7 Å². The minimum Gasteiger partial charge on any atom is -0.372 e. The fourth-order valence-corrected chi connectivity index (χ4v) is 3.08. The molecule has 0 bridgehead atoms. The summed E-state index contributed by atoms with van der Waals surface area (Å²) in [5.41, 5.74) is 2.36. The van der Waals surface area contributed by atoms with E-state index in [1.54, 1.807) is 4.42 Å². The molecule has 0 saturated carbocycles. The smallest absolute Gasteiger partial charge is 0.0744 e. The van der Waals surface area contributed by atoms with Crippen LogP contribution in [0.4, 0.5) is 0 Å². The van der Waals surface area contributed by atoms with Gasteiger partial charge in [0.25, 0.3) is 0 Å². The summed E-state index contributed by atoms with van der Waals surface area (Å²) in [6, 6.07) is 20.4. The molecule has 2 atom stereocenters. The van der Waals surface area contributed by atoms with Crippen molar-refractivity contribution in [2.24, 2.45) is 0 Å². The summed E-state index contributed by atoms with van der Waals surface area (Å²) in [4.78, 5) is 0. The van der Waals surface area contributed by atoms with Crippen LogP contribution in [0.3, 0.4) is 0 Å². The van der Waals surface area contributed by atoms with Crippen LogP contribution in [-0.2, 0) is 22.7 Å². The van der Waals surface area contributed by atoms with Gasteiger partial charge < -0.3 is 9.47 Å². The average molecular weight is 332 g/mol. The van der Waals surface area contributed by atoms with Crippen molar-refractivity contribution in [1.82, 2.24) is 4.42 Å². The lowest BCUT2D eigenvalue weighted by molar-refractivity contribution is -0.0653. The van der Waals surface area contributed by atoms with Crippen molar-refractivity contribution in [1.29, 1.82) is 0 Å². The number of piperidine rings is 1. The highest BCUT2D eigenvalue weighted by Gasteiger charge is 2.27. The van der Waals surface area contributed by atoms with Crippen LogP contribution >= 0.6 is 11.8 Å². The van der Waals surface area contributed by atoms with Gasteiger partial charge in [0.1, 0.15) is 0 Å². The predicted molar refractivity (Wildman–Crippen MR) is 92.1 cm³/mol. The molecule has 4 heteroatoms. The molecule has 0 amide bonds. The summed E-state index contributed by atoms with van der Waals surface area (Å²) in [5, 5.41) is 0. The lowest BCUT2D eigenvalue weighted by Gasteiger charge is -2.33. The molecule has 0 aliphatic carbocycles. The first-order valence-corrected chi connectivity index (χ1v) is 8.35. The number of halogens is 1. The van der Waals surface area contributed by atoms with Gasteiger partial charge in [-0.15, -0.1) is 0 Å². The quantitative estimate of drug-likeness (QED) is 0.746. The molecule has 0 aromatic heterocycles. The maximum absolute atomic E-state index is 6.24. The Morgan fingerprint density at radius 2 is 1.22 bits per heavy atom. The molecule has 122 valence electrons. The first-order valence-electron chi connectivity index (χ1n) is 8.01. The Labute approximate surface area is 142 Å². The summed E-state index contributed by atoms with van der Waals surface area (Å²) in [5.74, 6) is 0. The minimum atomic E-state index is 0.0993. The number of hydrogen-bond donors (Lipinski definition) is 0. The van der Waals surface area contributed by atoms with Gasteiger partial charge in [-0.25, -0.2) is 4.42 Å². The lowest BCUT2D eigenvalue weighted by atomic mass is 10.1. The molecule has 0 N–H and O–H groups in total. The average Bonchev–Trinajstić information content (AvgIpc) is 2.60. The minimum absolute atomic E-state index is 0.0993. The summed E-state index contributed by atoms with van der Waals surface area (Å²) < 4.78 is 13.8. The van der Waals surface area contributed by atoms with Crippen molar-refractivity contribution in [2.75, 3.05) is 13.1 Å². The monoisotopic (exact) mass is 331 g/mol. The van der Waals surface area contributed by atoms with E-state index in [9.17, 15) is 0 Å². The number of benzene rings is 2. The van der Waals surface area contributed by atoms with Gasteiger partial charge in [0, 0.05) is 19.5 Å². The highest BCUT2D eigenvalue weighted by atomic mass is 35.5. The van der Waals surface area contributed by atoms with E-state index in [1.807, 2.05) is 36.4 Å². The largest absolute Gasteiger partial charge is 0.372 e. The van der Waals surface area contributed by atoms with Gasteiger partial charge in [-0.3, -0.25) is 0 Å². The summed E-state index contributed by atoms with van der Waals surface area (Å²) in [6.07, 6.45) is 1.08. The Balaban J connectivity index is 1.48. The predicted octanol–water partition coefficient (Wildman–Crippen LogP) is 4.02. The second kappa shape index (κ2) is 8.46. The van der Waals surface area contributed by atoms with Gasteiger partial charge in [-0.1, -0.05) is 60.7 Å². The van der Waals surface area contributed by atoms with E-state index in [0.29, 0.717) is 13.2 Å². The van der Waals surface area contributed by atoms with Crippen LogP contribution in [0.1, 0.15) is 17.5 Å². The van der Waals surface area contributed by atoms with Crippen LogP contribution in [0.5, 0.6) is 0 Å². The maximum atomic E-state index is 6.24. The number of rotatable bonds is 6. The van der Waals surface area contributed by atoms with E-state index in [2.05, 4.69) is 24.3 Å². The van der Waals surface area contributed by atoms with Crippen molar-refractivity contribution in [2.45, 2.75) is 31.8 Å². The second-order valence-electron chi connectivity index (χ2n) is 5.90. The molecule has 23 heavy (non-hydrogen) atoms. The van der Waals surface area contributed by atoms with Crippen molar-refractivity contribution in [3.8, 4) is 0 Å². The van der Waals surface area contributed by atoms with Crippen molar-refractivity contribution >= 4 is 11.8 Å². The van der Waals surface area contributed by atoms with Crippen LogP contribution in [0, 0.1) is 0 Å². The van der Waals surface area contributed by atoms with Crippen LogP contribution in [0.25, 0.3) is 0 Å². The van der Waals surface area contributed by atoms with Crippen molar-refractivity contribution in [3.05, 3.63) is 71.8 Å². The van der Waals surface area contributed by atoms with E-state index in [1.165, 1.54) is 11.1 Å². The molecule has 1 aliphatic heterocycles. The van der Waals surface area contributed by atoms with Gasteiger partial charge in [-0.05, 0) is 22.9 Å². The summed E-state index contributed by atoms with van der Waals surface area (Å²) in [7, 11) is 0.